The van der Waals surface area contributed by atoms with Crippen molar-refractivity contribution in [1.29, 1.82) is 0 Å². The van der Waals surface area contributed by atoms with Crippen LogP contribution in [0.15, 0.2) is 27.7 Å². The van der Waals surface area contributed by atoms with Gasteiger partial charge in [0.15, 0.2) is 0 Å². The minimum Gasteiger partial charge on any atom is -0.426 e. The summed E-state index contributed by atoms with van der Waals surface area (Å²) in [5, 5.41) is -1.30. The fourth-order valence-electron chi connectivity index (χ4n) is 1.10. The van der Waals surface area contributed by atoms with Crippen LogP contribution >= 0.6 is 27.5 Å². The third-order valence-corrected chi connectivity index (χ3v) is 2.60. The van der Waals surface area contributed by atoms with Gasteiger partial charge in [-0.15, -0.1) is 0 Å². The van der Waals surface area contributed by atoms with Crippen LogP contribution in [0.25, 0.3) is 6.08 Å². The number of carbonyl (C=O) groups is 1. The van der Waals surface area contributed by atoms with E-state index in [4.69, 9.17) is 16.3 Å². The minimum absolute atomic E-state index is 0.00750. The summed E-state index contributed by atoms with van der Waals surface area (Å²) in [6.07, 6.45) is -3.94. The van der Waals surface area contributed by atoms with Gasteiger partial charge in [-0.25, -0.2) is 0 Å². The molecule has 1 aromatic carbocycles. The second-order valence-electron chi connectivity index (χ2n) is 3.27. The van der Waals surface area contributed by atoms with Crippen LogP contribution in [0.5, 0.6) is 5.75 Å². The first-order valence-corrected chi connectivity index (χ1v) is 5.79. The summed E-state index contributed by atoms with van der Waals surface area (Å²) in [5.74, 6) is -0.622. The van der Waals surface area contributed by atoms with Crippen molar-refractivity contribution < 1.29 is 22.7 Å². The van der Waals surface area contributed by atoms with Crippen molar-refractivity contribution in [3.63, 3.8) is 0 Å². The first-order chi connectivity index (χ1) is 8.20. The zero-order valence-corrected chi connectivity index (χ0v) is 11.4. The molecule has 0 aromatic heterocycles. The largest absolute Gasteiger partial charge is 0.426 e. The zero-order chi connectivity index (χ0) is 13.9. The SMILES string of the molecule is CC(=O)Oc1ccc(Br)cc1/C=C(\Cl)C(F)(F)F. The van der Waals surface area contributed by atoms with Gasteiger partial charge in [0.05, 0.1) is 0 Å². The van der Waals surface area contributed by atoms with Gasteiger partial charge in [0.2, 0.25) is 0 Å². The number of esters is 1. The molecule has 7 heteroatoms. The van der Waals surface area contributed by atoms with Crippen LogP contribution in [0.4, 0.5) is 13.2 Å². The maximum absolute atomic E-state index is 12.3. The molecule has 0 saturated carbocycles. The van der Waals surface area contributed by atoms with E-state index < -0.39 is 17.2 Å². The third-order valence-electron chi connectivity index (χ3n) is 1.78. The Kier molecular flexibility index (Phi) is 4.81. The van der Waals surface area contributed by atoms with E-state index in [9.17, 15) is 18.0 Å². The molecule has 0 radical (unpaired) electrons. The third kappa shape index (κ3) is 4.34. The lowest BCUT2D eigenvalue weighted by Crippen LogP contribution is -2.07. The summed E-state index contributed by atoms with van der Waals surface area (Å²) in [6, 6.07) is 4.28. The lowest BCUT2D eigenvalue weighted by molar-refractivity contribution is -0.131. The Labute approximate surface area is 115 Å². The molecule has 0 saturated heterocycles. The number of benzene rings is 1. The van der Waals surface area contributed by atoms with Gasteiger partial charge < -0.3 is 4.74 Å². The standard InChI is InChI=1S/C11H7BrClF3O2/c1-6(17)18-9-3-2-8(12)4-7(9)5-10(13)11(14,15)16/h2-5H,1H3/b10-5-. The maximum atomic E-state index is 12.3. The number of alkyl halides is 3. The second kappa shape index (κ2) is 5.75. The van der Waals surface area contributed by atoms with Crippen LogP contribution in [0.2, 0.25) is 0 Å². The van der Waals surface area contributed by atoms with Crippen molar-refractivity contribution in [3.8, 4) is 5.75 Å². The molecule has 0 fully saturated rings. The normalized spacial score (nSPS) is 12.4. The number of allylic oxidation sites excluding steroid dienone is 1. The highest BCUT2D eigenvalue weighted by molar-refractivity contribution is 9.10. The van der Waals surface area contributed by atoms with Gasteiger partial charge >= 0.3 is 12.1 Å². The molecule has 2 nitrogen and oxygen atoms in total. The Balaban J connectivity index is 3.21. The molecule has 0 atom stereocenters. The van der Waals surface area contributed by atoms with Crippen molar-refractivity contribution in [2.75, 3.05) is 0 Å². The Hall–Kier alpha value is -1.01. The minimum atomic E-state index is -4.64. The Bertz CT molecular complexity index is 498. The summed E-state index contributed by atoms with van der Waals surface area (Å²) in [4.78, 5) is 10.8. The van der Waals surface area contributed by atoms with E-state index in [1.807, 2.05) is 0 Å². The number of rotatable bonds is 2. The van der Waals surface area contributed by atoms with E-state index >= 15 is 0 Å². The van der Waals surface area contributed by atoms with Gasteiger partial charge in [0.25, 0.3) is 0 Å². The second-order valence-corrected chi connectivity index (χ2v) is 4.59. The maximum Gasteiger partial charge on any atom is 0.426 e. The summed E-state index contributed by atoms with van der Waals surface area (Å²) in [7, 11) is 0. The van der Waals surface area contributed by atoms with Crippen molar-refractivity contribution >= 4 is 39.6 Å². The zero-order valence-electron chi connectivity index (χ0n) is 9.02. The van der Waals surface area contributed by atoms with Crippen LogP contribution in [-0.2, 0) is 4.79 Å². The lowest BCUT2D eigenvalue weighted by atomic mass is 10.2. The van der Waals surface area contributed by atoms with Crippen LogP contribution in [0, 0.1) is 0 Å². The van der Waals surface area contributed by atoms with Crippen molar-refractivity contribution in [2.24, 2.45) is 0 Å². The molecule has 18 heavy (non-hydrogen) atoms. The fourth-order valence-corrected chi connectivity index (χ4v) is 1.59. The number of hydrogen-bond donors (Lipinski definition) is 0. The Morgan fingerprint density at radius 3 is 2.56 bits per heavy atom. The molecule has 0 amide bonds. The predicted molar refractivity (Wildman–Crippen MR) is 65.3 cm³/mol. The van der Waals surface area contributed by atoms with Gasteiger partial charge in [-0.2, -0.15) is 13.2 Å². The predicted octanol–water partition coefficient (Wildman–Crippen LogP) is 4.52. The van der Waals surface area contributed by atoms with E-state index in [2.05, 4.69) is 15.9 Å². The smallest absolute Gasteiger partial charge is 0.426 e. The summed E-state index contributed by atoms with van der Waals surface area (Å²) >= 11 is 8.24. The summed E-state index contributed by atoms with van der Waals surface area (Å²) in [5.41, 5.74) is 0.0573. The van der Waals surface area contributed by atoms with Crippen molar-refractivity contribution in [1.82, 2.24) is 0 Å². The van der Waals surface area contributed by atoms with Gasteiger partial charge in [0, 0.05) is 17.0 Å². The number of hydrogen-bond acceptors (Lipinski definition) is 2. The number of carbonyl (C=O) groups excluding carboxylic acids is 1. The quantitative estimate of drug-likeness (QED) is 0.583. The Morgan fingerprint density at radius 2 is 2.06 bits per heavy atom. The van der Waals surface area contributed by atoms with Gasteiger partial charge in [-0.3, -0.25) is 4.79 Å². The number of halogens is 5. The molecule has 0 unspecified atom stereocenters. The van der Waals surface area contributed by atoms with Gasteiger partial charge in [-0.1, -0.05) is 27.5 Å². The van der Waals surface area contributed by atoms with E-state index in [-0.39, 0.29) is 11.3 Å². The fraction of sp³-hybridized carbons (Fsp3) is 0.182. The highest BCUT2D eigenvalue weighted by Crippen LogP contribution is 2.33. The molecule has 0 spiro atoms. The van der Waals surface area contributed by atoms with Crippen molar-refractivity contribution in [3.05, 3.63) is 33.3 Å². The van der Waals surface area contributed by atoms with Crippen LogP contribution < -0.4 is 4.74 Å². The van der Waals surface area contributed by atoms with Crippen LogP contribution in [0.1, 0.15) is 12.5 Å². The van der Waals surface area contributed by atoms with Gasteiger partial charge in [-0.05, 0) is 24.3 Å². The van der Waals surface area contributed by atoms with E-state index in [1.54, 1.807) is 0 Å². The highest BCUT2D eigenvalue weighted by Gasteiger charge is 2.32. The molecule has 1 aromatic rings. The average Bonchev–Trinajstić information content (AvgIpc) is 2.20. The molecular weight excluding hydrogens is 336 g/mol. The highest BCUT2D eigenvalue weighted by atomic mass is 79.9. The van der Waals surface area contributed by atoms with Crippen LogP contribution in [0.3, 0.4) is 0 Å². The Morgan fingerprint density at radius 1 is 1.44 bits per heavy atom. The average molecular weight is 344 g/mol. The van der Waals surface area contributed by atoms with E-state index in [1.165, 1.54) is 18.2 Å². The molecular formula is C11H7BrClF3O2. The van der Waals surface area contributed by atoms with E-state index in [0.29, 0.717) is 10.5 Å². The van der Waals surface area contributed by atoms with Gasteiger partial charge in [0.1, 0.15) is 10.8 Å². The topological polar surface area (TPSA) is 26.3 Å². The molecule has 0 aliphatic rings. The molecule has 1 rings (SSSR count). The van der Waals surface area contributed by atoms with Crippen molar-refractivity contribution in [2.45, 2.75) is 13.1 Å². The molecule has 0 N–H and O–H groups in total. The summed E-state index contributed by atoms with van der Waals surface area (Å²) < 4.78 is 42.3. The monoisotopic (exact) mass is 342 g/mol. The lowest BCUT2D eigenvalue weighted by Gasteiger charge is -2.08. The first kappa shape index (κ1) is 15.0. The number of ether oxygens (including phenoxy) is 1. The molecule has 98 valence electrons. The summed E-state index contributed by atoms with van der Waals surface area (Å²) in [6.45, 7) is 1.15. The molecule has 0 aliphatic carbocycles. The van der Waals surface area contributed by atoms with E-state index in [0.717, 1.165) is 6.92 Å². The molecule has 0 aliphatic heterocycles. The first-order valence-electron chi connectivity index (χ1n) is 4.62. The molecule has 0 bridgehead atoms. The molecule has 0 heterocycles. The van der Waals surface area contributed by atoms with Crippen LogP contribution in [-0.4, -0.2) is 12.1 Å².